The highest BCUT2D eigenvalue weighted by molar-refractivity contribution is 5.95. The summed E-state index contributed by atoms with van der Waals surface area (Å²) < 4.78 is 10.8. The molecule has 26 heavy (non-hydrogen) atoms. The van der Waals surface area contributed by atoms with Crippen molar-refractivity contribution in [2.45, 2.75) is 13.8 Å². The van der Waals surface area contributed by atoms with Gasteiger partial charge in [0.2, 0.25) is 11.8 Å². The van der Waals surface area contributed by atoms with Gasteiger partial charge in [-0.15, -0.1) is 0 Å². The first kappa shape index (κ1) is 19.5. The van der Waals surface area contributed by atoms with E-state index in [4.69, 9.17) is 9.47 Å². The third kappa shape index (κ3) is 6.94. The van der Waals surface area contributed by atoms with E-state index >= 15 is 0 Å². The zero-order valence-electron chi connectivity index (χ0n) is 15.0. The van der Waals surface area contributed by atoms with Crippen molar-refractivity contribution in [1.29, 1.82) is 0 Å². The van der Waals surface area contributed by atoms with Crippen LogP contribution in [0.25, 0.3) is 0 Å². The Morgan fingerprint density at radius 2 is 1.62 bits per heavy atom. The molecular weight excluding hydrogens is 332 g/mol. The molecule has 2 aromatic rings. The Morgan fingerprint density at radius 3 is 2.31 bits per heavy atom. The van der Waals surface area contributed by atoms with Gasteiger partial charge in [-0.3, -0.25) is 9.59 Å². The van der Waals surface area contributed by atoms with Crippen LogP contribution in [-0.4, -0.2) is 31.6 Å². The van der Waals surface area contributed by atoms with Crippen molar-refractivity contribution in [2.24, 2.45) is 5.92 Å². The number of carbonyl (C=O) groups is 2. The predicted molar refractivity (Wildman–Crippen MR) is 101 cm³/mol. The Bertz CT molecular complexity index is 717. The molecule has 2 amide bonds. The van der Waals surface area contributed by atoms with Crippen molar-refractivity contribution in [1.82, 2.24) is 0 Å². The molecule has 0 unspecified atom stereocenters. The lowest BCUT2D eigenvalue weighted by Crippen LogP contribution is -2.21. The van der Waals surface area contributed by atoms with Crippen LogP contribution in [0.5, 0.6) is 5.75 Å². The minimum Gasteiger partial charge on any atom is -0.491 e. The number of hydrogen-bond donors (Lipinski definition) is 2. The van der Waals surface area contributed by atoms with E-state index in [2.05, 4.69) is 10.6 Å². The Labute approximate surface area is 153 Å². The number of amides is 2. The maximum atomic E-state index is 11.9. The third-order valence-electron chi connectivity index (χ3n) is 3.41. The van der Waals surface area contributed by atoms with Crippen LogP contribution in [0, 0.1) is 5.92 Å². The summed E-state index contributed by atoms with van der Waals surface area (Å²) in [7, 11) is 0. The number of ether oxygens (including phenoxy) is 2. The second-order valence-electron chi connectivity index (χ2n) is 5.99. The molecule has 6 nitrogen and oxygen atoms in total. The monoisotopic (exact) mass is 356 g/mol. The van der Waals surface area contributed by atoms with Crippen LogP contribution in [0.4, 0.5) is 11.4 Å². The van der Waals surface area contributed by atoms with Gasteiger partial charge in [-0.25, -0.2) is 0 Å². The first-order valence-electron chi connectivity index (χ1n) is 8.51. The van der Waals surface area contributed by atoms with Gasteiger partial charge >= 0.3 is 0 Å². The lowest BCUT2D eigenvalue weighted by Gasteiger charge is -2.10. The molecule has 0 fully saturated rings. The molecule has 0 saturated carbocycles. The Kier molecular flexibility index (Phi) is 7.64. The molecule has 2 rings (SSSR count). The molecule has 2 N–H and O–H groups in total. The summed E-state index contributed by atoms with van der Waals surface area (Å²) in [5.74, 6) is 0.313. The number of anilines is 2. The molecular formula is C20H24N2O4. The summed E-state index contributed by atoms with van der Waals surface area (Å²) in [6.07, 6.45) is 0. The summed E-state index contributed by atoms with van der Waals surface area (Å²) >= 11 is 0. The van der Waals surface area contributed by atoms with Crippen LogP contribution in [0.1, 0.15) is 13.8 Å². The number of carbonyl (C=O) groups excluding carboxylic acids is 2. The van der Waals surface area contributed by atoms with Gasteiger partial charge in [-0.05, 0) is 30.3 Å². The molecule has 0 aromatic heterocycles. The molecule has 0 aliphatic carbocycles. The largest absolute Gasteiger partial charge is 0.491 e. The SMILES string of the molecule is CC(C)C(=O)Nc1cccc(NC(=O)COCCOc2ccccc2)c1. The summed E-state index contributed by atoms with van der Waals surface area (Å²) in [6.45, 7) is 4.25. The summed E-state index contributed by atoms with van der Waals surface area (Å²) in [6, 6.07) is 16.4. The second-order valence-corrected chi connectivity index (χ2v) is 5.99. The van der Waals surface area contributed by atoms with E-state index in [0.717, 1.165) is 5.75 Å². The van der Waals surface area contributed by atoms with E-state index in [1.165, 1.54) is 0 Å². The van der Waals surface area contributed by atoms with Gasteiger partial charge in [0, 0.05) is 17.3 Å². The molecule has 0 aliphatic heterocycles. The van der Waals surface area contributed by atoms with Crippen molar-refractivity contribution in [3.8, 4) is 5.75 Å². The molecule has 2 aromatic carbocycles. The lowest BCUT2D eigenvalue weighted by molar-refractivity contribution is -0.121. The lowest BCUT2D eigenvalue weighted by atomic mass is 10.2. The van der Waals surface area contributed by atoms with Crippen molar-refractivity contribution in [3.63, 3.8) is 0 Å². The first-order valence-corrected chi connectivity index (χ1v) is 8.51. The predicted octanol–water partition coefficient (Wildman–Crippen LogP) is 3.32. The standard InChI is InChI=1S/C20H24N2O4/c1-15(2)20(24)22-17-8-6-7-16(13-17)21-19(23)14-25-11-12-26-18-9-4-3-5-10-18/h3-10,13,15H,11-12,14H2,1-2H3,(H,21,23)(H,22,24). The Hall–Kier alpha value is -2.86. The van der Waals surface area contributed by atoms with E-state index in [1.54, 1.807) is 24.3 Å². The minimum absolute atomic E-state index is 0.0687. The van der Waals surface area contributed by atoms with E-state index in [1.807, 2.05) is 44.2 Å². The maximum absolute atomic E-state index is 11.9. The topological polar surface area (TPSA) is 76.7 Å². The maximum Gasteiger partial charge on any atom is 0.250 e. The number of hydrogen-bond acceptors (Lipinski definition) is 4. The minimum atomic E-state index is -0.267. The second kappa shape index (κ2) is 10.2. The van der Waals surface area contributed by atoms with Crippen LogP contribution in [0.3, 0.4) is 0 Å². The van der Waals surface area contributed by atoms with Crippen LogP contribution in [-0.2, 0) is 14.3 Å². The molecule has 0 heterocycles. The first-order chi connectivity index (χ1) is 12.5. The molecule has 0 spiro atoms. The molecule has 0 aliphatic rings. The molecule has 0 bridgehead atoms. The van der Waals surface area contributed by atoms with Gasteiger partial charge in [0.25, 0.3) is 0 Å². The van der Waals surface area contributed by atoms with Crippen LogP contribution >= 0.6 is 0 Å². The van der Waals surface area contributed by atoms with Crippen molar-refractivity contribution in [3.05, 3.63) is 54.6 Å². The van der Waals surface area contributed by atoms with Gasteiger partial charge in [-0.1, -0.05) is 38.1 Å². The number of para-hydroxylation sites is 1. The van der Waals surface area contributed by atoms with Gasteiger partial charge in [0.15, 0.2) is 0 Å². The average molecular weight is 356 g/mol. The molecule has 138 valence electrons. The van der Waals surface area contributed by atoms with Gasteiger partial charge < -0.3 is 20.1 Å². The Morgan fingerprint density at radius 1 is 0.923 bits per heavy atom. The van der Waals surface area contributed by atoms with Gasteiger partial charge in [-0.2, -0.15) is 0 Å². The quantitative estimate of drug-likeness (QED) is 0.676. The van der Waals surface area contributed by atoms with E-state index in [0.29, 0.717) is 24.6 Å². The summed E-state index contributed by atoms with van der Waals surface area (Å²) in [5.41, 5.74) is 1.24. The van der Waals surface area contributed by atoms with Crippen LogP contribution < -0.4 is 15.4 Å². The Balaban J connectivity index is 1.69. The molecule has 6 heteroatoms. The fraction of sp³-hybridized carbons (Fsp3) is 0.300. The average Bonchev–Trinajstić information content (AvgIpc) is 2.62. The summed E-state index contributed by atoms with van der Waals surface area (Å²) in [5, 5.41) is 5.53. The zero-order valence-corrected chi connectivity index (χ0v) is 15.0. The molecule has 0 radical (unpaired) electrons. The molecule has 0 atom stereocenters. The van der Waals surface area contributed by atoms with Gasteiger partial charge in [0.05, 0.1) is 6.61 Å². The highest BCUT2D eigenvalue weighted by Gasteiger charge is 2.08. The highest BCUT2D eigenvalue weighted by atomic mass is 16.5. The fourth-order valence-electron chi connectivity index (χ4n) is 2.06. The number of benzene rings is 2. The van der Waals surface area contributed by atoms with Gasteiger partial charge in [0.1, 0.15) is 19.0 Å². The van der Waals surface area contributed by atoms with Crippen molar-refractivity contribution in [2.75, 3.05) is 30.5 Å². The van der Waals surface area contributed by atoms with Crippen molar-refractivity contribution < 1.29 is 19.1 Å². The van der Waals surface area contributed by atoms with Crippen LogP contribution in [0.15, 0.2) is 54.6 Å². The zero-order chi connectivity index (χ0) is 18.8. The normalized spacial score (nSPS) is 10.4. The number of nitrogens with one attached hydrogen (secondary N) is 2. The highest BCUT2D eigenvalue weighted by Crippen LogP contribution is 2.16. The van der Waals surface area contributed by atoms with E-state index in [-0.39, 0.29) is 24.3 Å². The van der Waals surface area contributed by atoms with E-state index < -0.39 is 0 Å². The third-order valence-corrected chi connectivity index (χ3v) is 3.41. The molecule has 0 saturated heterocycles. The van der Waals surface area contributed by atoms with Crippen molar-refractivity contribution >= 4 is 23.2 Å². The summed E-state index contributed by atoms with van der Waals surface area (Å²) in [4.78, 5) is 23.6. The fourth-order valence-corrected chi connectivity index (χ4v) is 2.06. The van der Waals surface area contributed by atoms with Crippen LogP contribution in [0.2, 0.25) is 0 Å². The van der Waals surface area contributed by atoms with E-state index in [9.17, 15) is 9.59 Å². The number of rotatable bonds is 9. The smallest absolute Gasteiger partial charge is 0.250 e.